The molecule has 1 fully saturated rings. The predicted molar refractivity (Wildman–Crippen MR) is 177 cm³/mol. The van der Waals surface area contributed by atoms with Crippen LogP contribution in [0.5, 0.6) is 0 Å². The van der Waals surface area contributed by atoms with Gasteiger partial charge in [-0.1, -0.05) is 109 Å². The zero-order valence-electron chi connectivity index (χ0n) is 24.9. The van der Waals surface area contributed by atoms with E-state index in [0.29, 0.717) is 5.82 Å². The van der Waals surface area contributed by atoms with Crippen LogP contribution in [0.4, 0.5) is 0 Å². The minimum absolute atomic E-state index is 0.361. The van der Waals surface area contributed by atoms with E-state index in [1.165, 1.54) is 0 Å². The number of benzene rings is 5. The van der Waals surface area contributed by atoms with Gasteiger partial charge in [0.15, 0.2) is 5.82 Å². The molecule has 1 aliphatic heterocycles. The first-order valence-electron chi connectivity index (χ1n) is 14.8. The van der Waals surface area contributed by atoms with Gasteiger partial charge in [0.2, 0.25) is 0 Å². The molecule has 7 rings (SSSR count). The molecule has 4 nitrogen and oxygen atoms in total. The minimum atomic E-state index is -0.368. The van der Waals surface area contributed by atoms with Crippen LogP contribution in [0, 0.1) is 0 Å². The quantitative estimate of drug-likeness (QED) is 0.198. The lowest BCUT2D eigenvalue weighted by Crippen LogP contribution is -2.41. The fourth-order valence-electron chi connectivity index (χ4n) is 5.55. The molecule has 0 spiro atoms. The monoisotopic (exact) mass is 560 g/mol. The summed E-state index contributed by atoms with van der Waals surface area (Å²) in [6.45, 7) is 8.32. The molecule has 6 aromatic rings. The van der Waals surface area contributed by atoms with Gasteiger partial charge in [0.1, 0.15) is 0 Å². The number of rotatable bonds is 5. The maximum atomic E-state index is 6.24. The van der Waals surface area contributed by atoms with Gasteiger partial charge in [-0.25, -0.2) is 9.97 Å². The number of nitrogens with zero attached hydrogens (tertiary/aromatic N) is 2. The van der Waals surface area contributed by atoms with E-state index in [1.54, 1.807) is 0 Å². The Bertz CT molecular complexity index is 1920. The highest BCUT2D eigenvalue weighted by molar-refractivity contribution is 6.62. The highest BCUT2D eigenvalue weighted by Crippen LogP contribution is 2.37. The number of para-hydroxylation sites is 1. The topological polar surface area (TPSA) is 44.2 Å². The third-order valence-corrected chi connectivity index (χ3v) is 8.74. The van der Waals surface area contributed by atoms with Crippen molar-refractivity contribution in [3.05, 3.63) is 127 Å². The molecule has 210 valence electrons. The number of fused-ring (bicyclic) bond motifs is 1. The van der Waals surface area contributed by atoms with Crippen LogP contribution >= 0.6 is 0 Å². The molecule has 5 heteroatoms. The van der Waals surface area contributed by atoms with Gasteiger partial charge in [-0.2, -0.15) is 0 Å². The molecule has 0 unspecified atom stereocenters. The lowest BCUT2D eigenvalue weighted by molar-refractivity contribution is 0.00578. The van der Waals surface area contributed by atoms with Crippen LogP contribution < -0.4 is 5.46 Å². The molecule has 0 N–H and O–H groups in total. The summed E-state index contributed by atoms with van der Waals surface area (Å²) in [7, 11) is -0.368. The maximum absolute atomic E-state index is 6.24. The fourth-order valence-corrected chi connectivity index (χ4v) is 5.55. The average molecular weight is 561 g/mol. The molecule has 0 aliphatic carbocycles. The van der Waals surface area contributed by atoms with Crippen LogP contribution in [0.2, 0.25) is 0 Å². The second-order valence-electron chi connectivity index (χ2n) is 12.2. The summed E-state index contributed by atoms with van der Waals surface area (Å²) >= 11 is 0. The van der Waals surface area contributed by atoms with Gasteiger partial charge in [-0.15, -0.1) is 0 Å². The molecule has 1 saturated heterocycles. The molecule has 0 bridgehead atoms. The molecule has 0 saturated carbocycles. The zero-order chi connectivity index (χ0) is 29.6. The van der Waals surface area contributed by atoms with Crippen LogP contribution in [0.3, 0.4) is 0 Å². The van der Waals surface area contributed by atoms with Gasteiger partial charge in [0.05, 0.1) is 22.4 Å². The van der Waals surface area contributed by atoms with Gasteiger partial charge in [0.25, 0.3) is 0 Å². The SMILES string of the molecule is CC1(C)OB(c2ccc(-c3cccc(-c4cccc(-c5nc(-c6ccccc6)c6ccccc6n5)c4)c3)cc2)OC1(C)C. The third kappa shape index (κ3) is 5.16. The van der Waals surface area contributed by atoms with Crippen molar-refractivity contribution < 1.29 is 9.31 Å². The van der Waals surface area contributed by atoms with Crippen molar-refractivity contribution in [1.82, 2.24) is 9.97 Å². The van der Waals surface area contributed by atoms with E-state index in [2.05, 4.69) is 125 Å². The Morgan fingerprint density at radius 2 is 1.02 bits per heavy atom. The van der Waals surface area contributed by atoms with Crippen LogP contribution in [0.1, 0.15) is 27.7 Å². The Morgan fingerprint density at radius 3 is 1.70 bits per heavy atom. The van der Waals surface area contributed by atoms with Crippen molar-refractivity contribution in [2.45, 2.75) is 38.9 Å². The van der Waals surface area contributed by atoms with Crippen molar-refractivity contribution in [1.29, 1.82) is 0 Å². The maximum Gasteiger partial charge on any atom is 0.494 e. The number of hydrogen-bond acceptors (Lipinski definition) is 4. The molecule has 0 atom stereocenters. The number of hydrogen-bond donors (Lipinski definition) is 0. The molecule has 1 aromatic heterocycles. The van der Waals surface area contributed by atoms with Crippen LogP contribution in [0.25, 0.3) is 55.8 Å². The normalized spacial score (nSPS) is 15.6. The second-order valence-corrected chi connectivity index (χ2v) is 12.2. The molecule has 5 aromatic carbocycles. The summed E-state index contributed by atoms with van der Waals surface area (Å²) in [6.07, 6.45) is 0. The first kappa shape index (κ1) is 27.3. The standard InChI is InChI=1S/C38H33BN2O2/c1-37(2)38(3,4)43-39(42-37)32-22-20-26(21-23-32)28-14-10-15-29(24-28)30-16-11-17-31(25-30)36-40-34-19-9-8-18-33(34)35(41-36)27-12-6-5-7-13-27/h5-25H,1-4H3. The van der Waals surface area contributed by atoms with Crippen molar-refractivity contribution in [2.24, 2.45) is 0 Å². The Hall–Kier alpha value is -4.58. The Balaban J connectivity index is 1.20. The van der Waals surface area contributed by atoms with Crippen molar-refractivity contribution in [3.8, 4) is 44.9 Å². The van der Waals surface area contributed by atoms with Crippen LogP contribution in [-0.4, -0.2) is 28.3 Å². The van der Waals surface area contributed by atoms with E-state index in [9.17, 15) is 0 Å². The first-order valence-corrected chi connectivity index (χ1v) is 14.8. The summed E-state index contributed by atoms with van der Waals surface area (Å²) in [5.74, 6) is 0.717. The highest BCUT2D eigenvalue weighted by Gasteiger charge is 2.51. The second kappa shape index (κ2) is 10.6. The van der Waals surface area contributed by atoms with Crippen molar-refractivity contribution in [2.75, 3.05) is 0 Å². The van der Waals surface area contributed by atoms with Gasteiger partial charge in [-0.05, 0) is 73.6 Å². The van der Waals surface area contributed by atoms with Crippen LogP contribution in [-0.2, 0) is 9.31 Å². The highest BCUT2D eigenvalue weighted by atomic mass is 16.7. The largest absolute Gasteiger partial charge is 0.494 e. The van der Waals surface area contributed by atoms with Gasteiger partial charge in [0, 0.05) is 16.5 Å². The first-order chi connectivity index (χ1) is 20.8. The van der Waals surface area contributed by atoms with E-state index in [0.717, 1.165) is 55.4 Å². The summed E-state index contributed by atoms with van der Waals surface area (Å²) < 4.78 is 12.5. The molecular weight excluding hydrogens is 527 g/mol. The predicted octanol–water partition coefficient (Wildman–Crippen LogP) is 8.60. The molecule has 2 heterocycles. The Kier molecular flexibility index (Phi) is 6.73. The van der Waals surface area contributed by atoms with E-state index in [1.807, 2.05) is 30.3 Å². The third-order valence-electron chi connectivity index (χ3n) is 8.74. The van der Waals surface area contributed by atoms with Gasteiger partial charge < -0.3 is 9.31 Å². The zero-order valence-corrected chi connectivity index (χ0v) is 24.9. The Morgan fingerprint density at radius 1 is 0.488 bits per heavy atom. The lowest BCUT2D eigenvalue weighted by Gasteiger charge is -2.32. The Labute approximate surface area is 253 Å². The van der Waals surface area contributed by atoms with Gasteiger partial charge in [-0.3, -0.25) is 0 Å². The summed E-state index contributed by atoms with van der Waals surface area (Å²) in [5, 5.41) is 1.05. The van der Waals surface area contributed by atoms with E-state index < -0.39 is 0 Å². The van der Waals surface area contributed by atoms with Gasteiger partial charge >= 0.3 is 7.12 Å². The molecule has 0 amide bonds. The summed E-state index contributed by atoms with van der Waals surface area (Å²) in [6, 6.07) is 44.2. The molecule has 1 aliphatic rings. The molecule has 0 radical (unpaired) electrons. The summed E-state index contributed by atoms with van der Waals surface area (Å²) in [4.78, 5) is 10.0. The fraction of sp³-hybridized carbons (Fsp3) is 0.158. The van der Waals surface area contributed by atoms with E-state index in [4.69, 9.17) is 19.3 Å². The molecular formula is C38H33BN2O2. The lowest BCUT2D eigenvalue weighted by atomic mass is 9.78. The minimum Gasteiger partial charge on any atom is -0.399 e. The van der Waals surface area contributed by atoms with Crippen molar-refractivity contribution in [3.63, 3.8) is 0 Å². The van der Waals surface area contributed by atoms with E-state index >= 15 is 0 Å². The molecule has 43 heavy (non-hydrogen) atoms. The average Bonchev–Trinajstić information content (AvgIpc) is 3.27. The van der Waals surface area contributed by atoms with E-state index in [-0.39, 0.29) is 18.3 Å². The van der Waals surface area contributed by atoms with Crippen molar-refractivity contribution >= 4 is 23.5 Å². The summed E-state index contributed by atoms with van der Waals surface area (Å²) in [5.41, 5.74) is 8.79. The van der Waals surface area contributed by atoms with Crippen LogP contribution in [0.15, 0.2) is 127 Å². The number of aromatic nitrogens is 2. The smallest absolute Gasteiger partial charge is 0.399 e.